The molecule has 0 aliphatic carbocycles. The van der Waals surface area contributed by atoms with Gasteiger partial charge in [-0.25, -0.2) is 4.98 Å². The first-order valence-corrected chi connectivity index (χ1v) is 5.36. The molecule has 1 aliphatic rings. The molecule has 14 heavy (non-hydrogen) atoms. The highest BCUT2D eigenvalue weighted by Crippen LogP contribution is 2.21. The van der Waals surface area contributed by atoms with Crippen LogP contribution in [0.3, 0.4) is 0 Å². The maximum Gasteiger partial charge on any atom is 0.185 e. The van der Waals surface area contributed by atoms with E-state index in [4.69, 9.17) is 10.00 Å². The van der Waals surface area contributed by atoms with Gasteiger partial charge in [-0.2, -0.15) is 5.26 Å². The molecule has 1 aromatic heterocycles. The Morgan fingerprint density at radius 2 is 2.64 bits per heavy atom. The molecule has 1 atom stereocenters. The molecule has 1 aromatic rings. The number of aromatic nitrogens is 1. The van der Waals surface area contributed by atoms with Gasteiger partial charge in [-0.15, -0.1) is 11.3 Å². The predicted molar refractivity (Wildman–Crippen MR) is 54.4 cm³/mol. The number of nitrogens with zero attached hydrogens (tertiary/aromatic N) is 3. The van der Waals surface area contributed by atoms with E-state index in [2.05, 4.69) is 16.0 Å². The summed E-state index contributed by atoms with van der Waals surface area (Å²) in [5, 5.41) is 11.8. The molecule has 0 spiro atoms. The Balaban J connectivity index is 2.08. The molecule has 0 aromatic carbocycles. The van der Waals surface area contributed by atoms with Gasteiger partial charge in [-0.05, 0) is 6.92 Å². The Morgan fingerprint density at radius 1 is 1.79 bits per heavy atom. The summed E-state index contributed by atoms with van der Waals surface area (Å²) in [6, 6.07) is 2.12. The zero-order chi connectivity index (χ0) is 9.97. The number of hydrogen-bond acceptors (Lipinski definition) is 5. The summed E-state index contributed by atoms with van der Waals surface area (Å²) in [5.41, 5.74) is 1.03. The van der Waals surface area contributed by atoms with Crippen LogP contribution in [0.25, 0.3) is 0 Å². The first-order chi connectivity index (χ1) is 6.79. The second-order valence-corrected chi connectivity index (χ2v) is 4.04. The van der Waals surface area contributed by atoms with E-state index in [1.807, 2.05) is 12.3 Å². The van der Waals surface area contributed by atoms with Gasteiger partial charge in [0.15, 0.2) is 11.2 Å². The number of thiazole rings is 1. The molecule has 1 fully saturated rings. The number of ether oxygens (including phenoxy) is 1. The highest BCUT2D eigenvalue weighted by molar-refractivity contribution is 7.13. The van der Waals surface area contributed by atoms with Gasteiger partial charge in [-0.3, -0.25) is 0 Å². The summed E-state index contributed by atoms with van der Waals surface area (Å²) in [7, 11) is 0. The Morgan fingerprint density at radius 3 is 3.29 bits per heavy atom. The third-order valence-electron chi connectivity index (χ3n) is 2.09. The number of rotatable bonds is 1. The van der Waals surface area contributed by atoms with Crippen LogP contribution in [0.1, 0.15) is 5.69 Å². The van der Waals surface area contributed by atoms with Crippen LogP contribution in [0.5, 0.6) is 0 Å². The van der Waals surface area contributed by atoms with Crippen LogP contribution in [0.2, 0.25) is 0 Å². The van der Waals surface area contributed by atoms with Crippen molar-refractivity contribution in [2.75, 3.05) is 24.6 Å². The van der Waals surface area contributed by atoms with Gasteiger partial charge in [0.25, 0.3) is 0 Å². The molecule has 0 saturated carbocycles. The molecule has 2 heterocycles. The second-order valence-electron chi connectivity index (χ2n) is 3.21. The Kier molecular flexibility index (Phi) is 2.66. The molecular weight excluding hydrogens is 198 g/mol. The van der Waals surface area contributed by atoms with Crippen molar-refractivity contribution >= 4 is 16.5 Å². The zero-order valence-electron chi connectivity index (χ0n) is 7.93. The molecule has 0 amide bonds. The van der Waals surface area contributed by atoms with E-state index in [-0.39, 0.29) is 6.10 Å². The third-order valence-corrected chi connectivity index (χ3v) is 3.11. The molecule has 74 valence electrons. The van der Waals surface area contributed by atoms with Crippen LogP contribution >= 0.6 is 11.3 Å². The van der Waals surface area contributed by atoms with Crippen molar-refractivity contribution in [3.05, 3.63) is 11.1 Å². The number of morpholine rings is 1. The van der Waals surface area contributed by atoms with Crippen molar-refractivity contribution < 1.29 is 4.74 Å². The Labute approximate surface area is 86.7 Å². The number of nitriles is 1. The van der Waals surface area contributed by atoms with Crippen molar-refractivity contribution in [3.63, 3.8) is 0 Å². The summed E-state index contributed by atoms with van der Waals surface area (Å²) in [4.78, 5) is 6.49. The fourth-order valence-electron chi connectivity index (χ4n) is 1.39. The SMILES string of the molecule is Cc1csc(N2CCOC(C#N)C2)n1. The smallest absolute Gasteiger partial charge is 0.185 e. The van der Waals surface area contributed by atoms with E-state index < -0.39 is 0 Å². The van der Waals surface area contributed by atoms with Gasteiger partial charge in [0, 0.05) is 11.9 Å². The van der Waals surface area contributed by atoms with Crippen LogP contribution in [0.4, 0.5) is 5.13 Å². The highest BCUT2D eigenvalue weighted by Gasteiger charge is 2.21. The lowest BCUT2D eigenvalue weighted by Gasteiger charge is -2.29. The first kappa shape index (κ1) is 9.44. The van der Waals surface area contributed by atoms with Crippen LogP contribution in [0, 0.1) is 18.3 Å². The summed E-state index contributed by atoms with van der Waals surface area (Å²) in [6.45, 7) is 4.04. The average molecular weight is 209 g/mol. The maximum absolute atomic E-state index is 8.74. The number of aryl methyl sites for hydroxylation is 1. The average Bonchev–Trinajstić information content (AvgIpc) is 2.65. The number of anilines is 1. The molecule has 1 aliphatic heterocycles. The van der Waals surface area contributed by atoms with Crippen LogP contribution < -0.4 is 4.90 Å². The zero-order valence-corrected chi connectivity index (χ0v) is 8.75. The lowest BCUT2D eigenvalue weighted by molar-refractivity contribution is 0.0764. The van der Waals surface area contributed by atoms with Gasteiger partial charge in [0.1, 0.15) is 0 Å². The van der Waals surface area contributed by atoms with E-state index in [9.17, 15) is 0 Å². The van der Waals surface area contributed by atoms with Gasteiger partial charge in [0.2, 0.25) is 0 Å². The van der Waals surface area contributed by atoms with Crippen molar-refractivity contribution in [1.29, 1.82) is 5.26 Å². The van der Waals surface area contributed by atoms with E-state index in [0.717, 1.165) is 17.4 Å². The minimum atomic E-state index is -0.312. The quantitative estimate of drug-likeness (QED) is 0.697. The molecule has 5 heteroatoms. The van der Waals surface area contributed by atoms with Gasteiger partial charge in [0.05, 0.1) is 24.9 Å². The molecule has 4 nitrogen and oxygen atoms in total. The summed E-state index contributed by atoms with van der Waals surface area (Å²) in [6.07, 6.45) is -0.312. The fourth-order valence-corrected chi connectivity index (χ4v) is 2.23. The van der Waals surface area contributed by atoms with Gasteiger partial charge < -0.3 is 9.64 Å². The normalized spacial score (nSPS) is 22.0. The molecule has 1 unspecified atom stereocenters. The lowest BCUT2D eigenvalue weighted by Crippen LogP contribution is -2.41. The monoisotopic (exact) mass is 209 g/mol. The van der Waals surface area contributed by atoms with E-state index >= 15 is 0 Å². The van der Waals surface area contributed by atoms with E-state index in [1.165, 1.54) is 0 Å². The lowest BCUT2D eigenvalue weighted by atomic mass is 10.3. The summed E-state index contributed by atoms with van der Waals surface area (Å²) in [5.74, 6) is 0. The Hall–Kier alpha value is -1.12. The van der Waals surface area contributed by atoms with Crippen molar-refractivity contribution in [2.24, 2.45) is 0 Å². The van der Waals surface area contributed by atoms with Crippen molar-refractivity contribution in [1.82, 2.24) is 4.98 Å². The van der Waals surface area contributed by atoms with Crippen LogP contribution in [0.15, 0.2) is 5.38 Å². The topological polar surface area (TPSA) is 49.1 Å². The van der Waals surface area contributed by atoms with E-state index in [1.54, 1.807) is 11.3 Å². The molecular formula is C9H11N3OS. The predicted octanol–water partition coefficient (Wildman–Crippen LogP) is 1.18. The number of hydrogen-bond donors (Lipinski definition) is 0. The minimum absolute atomic E-state index is 0.312. The molecule has 0 radical (unpaired) electrons. The van der Waals surface area contributed by atoms with Crippen LogP contribution in [-0.2, 0) is 4.74 Å². The Bertz CT molecular complexity index is 357. The highest BCUT2D eigenvalue weighted by atomic mass is 32.1. The van der Waals surface area contributed by atoms with Crippen molar-refractivity contribution in [2.45, 2.75) is 13.0 Å². The van der Waals surface area contributed by atoms with Crippen molar-refractivity contribution in [3.8, 4) is 6.07 Å². The van der Waals surface area contributed by atoms with Gasteiger partial charge >= 0.3 is 0 Å². The molecule has 1 saturated heterocycles. The largest absolute Gasteiger partial charge is 0.360 e. The van der Waals surface area contributed by atoms with Gasteiger partial charge in [-0.1, -0.05) is 0 Å². The summed E-state index contributed by atoms with van der Waals surface area (Å²) < 4.78 is 5.26. The first-order valence-electron chi connectivity index (χ1n) is 4.48. The summed E-state index contributed by atoms with van der Waals surface area (Å²) >= 11 is 1.62. The maximum atomic E-state index is 8.74. The standard InChI is InChI=1S/C9H11N3OS/c1-7-6-14-9(11-7)12-2-3-13-8(4-10)5-12/h6,8H,2-3,5H2,1H3. The fraction of sp³-hybridized carbons (Fsp3) is 0.556. The second kappa shape index (κ2) is 3.95. The van der Waals surface area contributed by atoms with Crippen LogP contribution in [-0.4, -0.2) is 30.8 Å². The molecule has 2 rings (SSSR count). The minimum Gasteiger partial charge on any atom is -0.360 e. The third kappa shape index (κ3) is 1.86. The van der Waals surface area contributed by atoms with E-state index in [0.29, 0.717) is 13.2 Å². The molecule has 0 bridgehead atoms. The molecule has 0 N–H and O–H groups in total.